The molecule has 0 spiro atoms. The number of likely N-dealkylation sites (N-methyl/N-ethyl adjacent to an activating group) is 1. The highest BCUT2D eigenvalue weighted by Crippen LogP contribution is 2.40. The molecule has 10 heteroatoms. The average Bonchev–Trinajstić information content (AvgIpc) is 3.41. The van der Waals surface area contributed by atoms with Crippen molar-refractivity contribution in [2.24, 2.45) is 0 Å². The van der Waals surface area contributed by atoms with E-state index < -0.39 is 0 Å². The van der Waals surface area contributed by atoms with Crippen LogP contribution in [-0.4, -0.2) is 69.0 Å². The zero-order valence-corrected chi connectivity index (χ0v) is 20.3. The lowest BCUT2D eigenvalue weighted by molar-refractivity contribution is -0.121. The van der Waals surface area contributed by atoms with E-state index in [0.29, 0.717) is 46.5 Å². The van der Waals surface area contributed by atoms with E-state index in [0.717, 1.165) is 4.70 Å². The van der Waals surface area contributed by atoms with Crippen molar-refractivity contribution >= 4 is 50.1 Å². The Morgan fingerprint density at radius 2 is 1.59 bits per heavy atom. The molecule has 2 aromatic carbocycles. The summed E-state index contributed by atoms with van der Waals surface area (Å²) in [6, 6.07) is 10.1. The molecule has 1 aliphatic rings. The first-order chi connectivity index (χ1) is 16.3. The standard InChI is InChI=1S/C24H26N4O5S/c1-26(2)13-14-27(24-25-21-17(32-3)9-10-18(33-4)22(21)34-24)23(31)15-5-7-16(8-6-15)28-19(29)11-12-20(28)30/h5-10H,11-14H2,1-4H3. The number of anilines is 2. The maximum absolute atomic E-state index is 13.6. The molecule has 1 fully saturated rings. The molecule has 0 aliphatic carbocycles. The third kappa shape index (κ3) is 4.46. The summed E-state index contributed by atoms with van der Waals surface area (Å²) in [7, 11) is 7.04. The van der Waals surface area contributed by atoms with Gasteiger partial charge in [0.15, 0.2) is 5.13 Å². The minimum Gasteiger partial charge on any atom is -0.495 e. The lowest BCUT2D eigenvalue weighted by Crippen LogP contribution is -2.36. The van der Waals surface area contributed by atoms with Crippen molar-refractivity contribution in [2.45, 2.75) is 12.8 Å². The minimum absolute atomic E-state index is 0.211. The molecule has 1 aliphatic heterocycles. The Kier molecular flexibility index (Phi) is 6.80. The van der Waals surface area contributed by atoms with Crippen molar-refractivity contribution in [2.75, 3.05) is 51.2 Å². The zero-order valence-electron chi connectivity index (χ0n) is 19.5. The second-order valence-corrected chi connectivity index (χ2v) is 9.05. The van der Waals surface area contributed by atoms with Crippen molar-refractivity contribution in [3.63, 3.8) is 0 Å². The number of rotatable bonds is 8. The number of benzene rings is 2. The summed E-state index contributed by atoms with van der Waals surface area (Å²) in [5.41, 5.74) is 1.53. The van der Waals surface area contributed by atoms with Crippen LogP contribution in [0.4, 0.5) is 10.8 Å². The number of nitrogens with zero attached hydrogens (tertiary/aromatic N) is 4. The summed E-state index contributed by atoms with van der Waals surface area (Å²) in [6.07, 6.45) is 0.421. The molecule has 34 heavy (non-hydrogen) atoms. The molecule has 0 radical (unpaired) electrons. The lowest BCUT2D eigenvalue weighted by Gasteiger charge is -2.22. The van der Waals surface area contributed by atoms with Gasteiger partial charge in [0.25, 0.3) is 5.91 Å². The number of carbonyl (C=O) groups excluding carboxylic acids is 3. The Labute approximate surface area is 201 Å². The normalized spacial score (nSPS) is 13.7. The molecule has 178 valence electrons. The Hall–Kier alpha value is -3.50. The number of imide groups is 1. The third-order valence-corrected chi connectivity index (χ3v) is 6.66. The molecule has 0 unspecified atom stereocenters. The van der Waals surface area contributed by atoms with E-state index in [-0.39, 0.29) is 30.6 Å². The van der Waals surface area contributed by atoms with Gasteiger partial charge in [-0.1, -0.05) is 11.3 Å². The van der Waals surface area contributed by atoms with E-state index in [1.807, 2.05) is 25.1 Å². The number of thiazole rings is 1. The molecule has 2 heterocycles. The van der Waals surface area contributed by atoms with Gasteiger partial charge < -0.3 is 14.4 Å². The molecule has 1 saturated heterocycles. The van der Waals surface area contributed by atoms with Crippen molar-refractivity contribution in [3.8, 4) is 11.5 Å². The number of methoxy groups -OCH3 is 2. The highest BCUT2D eigenvalue weighted by Gasteiger charge is 2.30. The summed E-state index contributed by atoms with van der Waals surface area (Å²) in [4.78, 5) is 47.1. The summed E-state index contributed by atoms with van der Waals surface area (Å²) < 4.78 is 11.7. The number of fused-ring (bicyclic) bond motifs is 1. The second kappa shape index (κ2) is 9.78. The molecule has 4 rings (SSSR count). The molecular formula is C24H26N4O5S. The SMILES string of the molecule is COc1ccc(OC)c2sc(N(CCN(C)C)C(=O)c3ccc(N4C(=O)CCC4=O)cc3)nc12. The summed E-state index contributed by atoms with van der Waals surface area (Å²) in [6.45, 7) is 1.05. The van der Waals surface area contributed by atoms with E-state index >= 15 is 0 Å². The maximum Gasteiger partial charge on any atom is 0.260 e. The van der Waals surface area contributed by atoms with Gasteiger partial charge >= 0.3 is 0 Å². The van der Waals surface area contributed by atoms with Gasteiger partial charge in [0.05, 0.1) is 19.9 Å². The Bertz CT molecular complexity index is 1180. The summed E-state index contributed by atoms with van der Waals surface area (Å²) in [5.74, 6) is 0.569. The van der Waals surface area contributed by atoms with E-state index in [1.165, 1.54) is 16.2 Å². The predicted molar refractivity (Wildman–Crippen MR) is 131 cm³/mol. The molecule has 0 saturated carbocycles. The Balaban J connectivity index is 1.69. The van der Waals surface area contributed by atoms with Crippen molar-refractivity contribution in [1.29, 1.82) is 0 Å². The fourth-order valence-corrected chi connectivity index (χ4v) is 4.85. The largest absolute Gasteiger partial charge is 0.495 e. The van der Waals surface area contributed by atoms with Gasteiger partial charge in [0, 0.05) is 31.5 Å². The highest BCUT2D eigenvalue weighted by molar-refractivity contribution is 7.22. The smallest absolute Gasteiger partial charge is 0.260 e. The Morgan fingerprint density at radius 3 is 2.18 bits per heavy atom. The van der Waals surface area contributed by atoms with E-state index in [1.54, 1.807) is 49.5 Å². The number of hydrogen-bond donors (Lipinski definition) is 0. The first-order valence-electron chi connectivity index (χ1n) is 10.8. The molecule has 0 bridgehead atoms. The van der Waals surface area contributed by atoms with Crippen LogP contribution in [0.3, 0.4) is 0 Å². The van der Waals surface area contributed by atoms with Gasteiger partial charge in [-0.2, -0.15) is 0 Å². The van der Waals surface area contributed by atoms with Crippen LogP contribution in [0.25, 0.3) is 10.2 Å². The molecule has 0 atom stereocenters. The quantitative estimate of drug-likeness (QED) is 0.455. The Morgan fingerprint density at radius 1 is 0.971 bits per heavy atom. The maximum atomic E-state index is 13.6. The van der Waals surface area contributed by atoms with Crippen LogP contribution in [0.1, 0.15) is 23.2 Å². The lowest BCUT2D eigenvalue weighted by atomic mass is 10.1. The van der Waals surface area contributed by atoms with Crippen LogP contribution in [0.5, 0.6) is 11.5 Å². The van der Waals surface area contributed by atoms with E-state index in [9.17, 15) is 14.4 Å². The monoisotopic (exact) mass is 482 g/mol. The van der Waals surface area contributed by atoms with E-state index in [4.69, 9.17) is 14.5 Å². The van der Waals surface area contributed by atoms with Crippen LogP contribution in [0, 0.1) is 0 Å². The molecule has 1 aromatic heterocycles. The van der Waals surface area contributed by atoms with Crippen molar-refractivity contribution in [1.82, 2.24) is 9.88 Å². The zero-order chi connectivity index (χ0) is 24.4. The topological polar surface area (TPSA) is 92.3 Å². The van der Waals surface area contributed by atoms with Gasteiger partial charge in [0.1, 0.15) is 21.7 Å². The molecule has 3 aromatic rings. The summed E-state index contributed by atoms with van der Waals surface area (Å²) in [5, 5.41) is 0.527. The van der Waals surface area contributed by atoms with Gasteiger partial charge in [0.2, 0.25) is 11.8 Å². The van der Waals surface area contributed by atoms with E-state index in [2.05, 4.69) is 0 Å². The third-order valence-electron chi connectivity index (χ3n) is 5.57. The number of hydrogen-bond acceptors (Lipinski definition) is 8. The van der Waals surface area contributed by atoms with Crippen LogP contribution in [-0.2, 0) is 9.59 Å². The van der Waals surface area contributed by atoms with Crippen LogP contribution >= 0.6 is 11.3 Å². The van der Waals surface area contributed by atoms with Gasteiger partial charge in [-0.3, -0.25) is 24.2 Å². The van der Waals surface area contributed by atoms with Gasteiger partial charge in [-0.05, 0) is 50.5 Å². The number of amides is 3. The van der Waals surface area contributed by atoms with Gasteiger partial charge in [-0.15, -0.1) is 0 Å². The minimum atomic E-state index is -0.232. The number of ether oxygens (including phenoxy) is 2. The fraction of sp³-hybridized carbons (Fsp3) is 0.333. The number of aromatic nitrogens is 1. The molecule has 3 amide bonds. The second-order valence-electron chi connectivity index (χ2n) is 8.07. The first kappa shape index (κ1) is 23.7. The predicted octanol–water partition coefficient (Wildman–Crippen LogP) is 3.18. The van der Waals surface area contributed by atoms with Crippen molar-refractivity contribution in [3.05, 3.63) is 42.0 Å². The van der Waals surface area contributed by atoms with Crippen LogP contribution < -0.4 is 19.3 Å². The highest BCUT2D eigenvalue weighted by atomic mass is 32.1. The fourth-order valence-electron chi connectivity index (χ4n) is 3.75. The van der Waals surface area contributed by atoms with Crippen molar-refractivity contribution < 1.29 is 23.9 Å². The van der Waals surface area contributed by atoms with Crippen LogP contribution in [0.15, 0.2) is 36.4 Å². The van der Waals surface area contributed by atoms with Crippen LogP contribution in [0.2, 0.25) is 0 Å². The first-order valence-corrected chi connectivity index (χ1v) is 11.6. The molecule has 9 nitrogen and oxygen atoms in total. The average molecular weight is 483 g/mol. The molecule has 0 N–H and O–H groups in total. The molecular weight excluding hydrogens is 456 g/mol. The van der Waals surface area contributed by atoms with Gasteiger partial charge in [-0.25, -0.2) is 4.98 Å². The summed E-state index contributed by atoms with van der Waals surface area (Å²) >= 11 is 1.36. The number of carbonyl (C=O) groups is 3.